The monoisotopic (exact) mass is 240 g/mol. The maximum absolute atomic E-state index is 5.26. The van der Waals surface area contributed by atoms with Gasteiger partial charge in [0, 0.05) is 26.8 Å². The number of nitrogens with one attached hydrogen (secondary N) is 1. The van der Waals surface area contributed by atoms with Crippen molar-refractivity contribution in [2.24, 2.45) is 11.3 Å². The molecule has 1 atom stereocenters. The normalized spacial score (nSPS) is 32.8. The van der Waals surface area contributed by atoms with Crippen molar-refractivity contribution in [1.82, 2.24) is 10.2 Å². The minimum absolute atomic E-state index is 0.506. The zero-order valence-electron chi connectivity index (χ0n) is 11.5. The predicted molar refractivity (Wildman–Crippen MR) is 71.3 cm³/mol. The molecule has 0 radical (unpaired) electrons. The van der Waals surface area contributed by atoms with Crippen LogP contribution < -0.4 is 5.32 Å². The van der Waals surface area contributed by atoms with E-state index in [1.54, 1.807) is 0 Å². The molecule has 0 aliphatic carbocycles. The van der Waals surface area contributed by atoms with E-state index < -0.39 is 0 Å². The van der Waals surface area contributed by atoms with Crippen molar-refractivity contribution in [1.29, 1.82) is 0 Å². The Balaban J connectivity index is 1.73. The number of hydrogen-bond donors (Lipinski definition) is 1. The lowest BCUT2D eigenvalue weighted by atomic mass is 9.81. The average Bonchev–Trinajstić information content (AvgIpc) is 2.33. The van der Waals surface area contributed by atoms with Gasteiger partial charge in [-0.05, 0) is 56.7 Å². The number of ether oxygens (including phenoxy) is 1. The van der Waals surface area contributed by atoms with Gasteiger partial charge in [0.1, 0.15) is 0 Å². The largest absolute Gasteiger partial charge is 0.384 e. The summed E-state index contributed by atoms with van der Waals surface area (Å²) in [5, 5.41) is 3.55. The maximum Gasteiger partial charge on any atom is 0.0491 e. The molecule has 2 aliphatic rings. The number of rotatable bonds is 4. The first-order valence-electron chi connectivity index (χ1n) is 7.14. The van der Waals surface area contributed by atoms with E-state index in [2.05, 4.69) is 17.1 Å². The standard InChI is InChI=1S/C14H28N2O/c1-14(6-3-7-15-11-14)12-16-8-4-13(5-9-16)10-17-2/h13,15H,3-12H2,1-2H3. The van der Waals surface area contributed by atoms with Crippen molar-refractivity contribution in [2.45, 2.75) is 32.6 Å². The third-order valence-electron chi connectivity index (χ3n) is 4.40. The Morgan fingerprint density at radius 1 is 1.35 bits per heavy atom. The predicted octanol–water partition coefficient (Wildman–Crippen LogP) is 1.73. The Morgan fingerprint density at radius 3 is 2.71 bits per heavy atom. The number of likely N-dealkylation sites (tertiary alicyclic amines) is 1. The van der Waals surface area contributed by atoms with Crippen molar-refractivity contribution in [2.75, 3.05) is 46.4 Å². The molecule has 0 saturated carbocycles. The van der Waals surface area contributed by atoms with Crippen LogP contribution in [0.5, 0.6) is 0 Å². The van der Waals surface area contributed by atoms with E-state index in [9.17, 15) is 0 Å². The first-order chi connectivity index (χ1) is 8.22. The lowest BCUT2D eigenvalue weighted by Gasteiger charge is -2.41. The minimum atomic E-state index is 0.506. The van der Waals surface area contributed by atoms with E-state index >= 15 is 0 Å². The highest BCUT2D eigenvalue weighted by Gasteiger charge is 2.30. The molecule has 3 nitrogen and oxygen atoms in total. The van der Waals surface area contributed by atoms with Gasteiger partial charge < -0.3 is 15.0 Å². The Kier molecular flexibility index (Phi) is 4.83. The highest BCUT2D eigenvalue weighted by atomic mass is 16.5. The summed E-state index contributed by atoms with van der Waals surface area (Å²) in [6.45, 7) is 9.62. The summed E-state index contributed by atoms with van der Waals surface area (Å²) in [4.78, 5) is 2.67. The van der Waals surface area contributed by atoms with Crippen LogP contribution in [-0.2, 0) is 4.74 Å². The van der Waals surface area contributed by atoms with Gasteiger partial charge >= 0.3 is 0 Å². The van der Waals surface area contributed by atoms with E-state index in [0.29, 0.717) is 5.41 Å². The van der Waals surface area contributed by atoms with Crippen LogP contribution in [-0.4, -0.2) is 51.3 Å². The molecule has 0 aromatic heterocycles. The van der Waals surface area contributed by atoms with Gasteiger partial charge in [-0.15, -0.1) is 0 Å². The zero-order chi connectivity index (χ0) is 12.1. The Bertz CT molecular complexity index is 218. The Hall–Kier alpha value is -0.120. The third-order valence-corrected chi connectivity index (χ3v) is 4.40. The number of nitrogens with zero attached hydrogens (tertiary/aromatic N) is 1. The van der Waals surface area contributed by atoms with Crippen molar-refractivity contribution in [3.63, 3.8) is 0 Å². The first kappa shape index (κ1) is 13.3. The molecule has 2 aliphatic heterocycles. The lowest BCUT2D eigenvalue weighted by molar-refractivity contribution is 0.0695. The fourth-order valence-corrected chi connectivity index (χ4v) is 3.34. The SMILES string of the molecule is COCC1CCN(CC2(C)CCCNC2)CC1. The van der Waals surface area contributed by atoms with E-state index in [-0.39, 0.29) is 0 Å². The van der Waals surface area contributed by atoms with E-state index in [1.165, 1.54) is 58.4 Å². The molecule has 0 spiro atoms. The van der Waals surface area contributed by atoms with Crippen LogP contribution in [0.15, 0.2) is 0 Å². The highest BCUT2D eigenvalue weighted by molar-refractivity contribution is 4.86. The Morgan fingerprint density at radius 2 is 2.12 bits per heavy atom. The van der Waals surface area contributed by atoms with Crippen LogP contribution in [0, 0.1) is 11.3 Å². The molecule has 0 aromatic rings. The van der Waals surface area contributed by atoms with Crippen LogP contribution in [0.4, 0.5) is 0 Å². The van der Waals surface area contributed by atoms with Crippen LogP contribution >= 0.6 is 0 Å². The fourth-order valence-electron chi connectivity index (χ4n) is 3.34. The molecule has 17 heavy (non-hydrogen) atoms. The minimum Gasteiger partial charge on any atom is -0.384 e. The van der Waals surface area contributed by atoms with Crippen molar-refractivity contribution in [3.8, 4) is 0 Å². The van der Waals surface area contributed by atoms with Gasteiger partial charge in [0.2, 0.25) is 0 Å². The summed E-state index contributed by atoms with van der Waals surface area (Å²) in [7, 11) is 1.82. The van der Waals surface area contributed by atoms with Gasteiger partial charge in [0.05, 0.1) is 0 Å². The zero-order valence-corrected chi connectivity index (χ0v) is 11.5. The molecular formula is C14H28N2O. The summed E-state index contributed by atoms with van der Waals surface area (Å²) >= 11 is 0. The topological polar surface area (TPSA) is 24.5 Å². The molecule has 0 aromatic carbocycles. The first-order valence-corrected chi connectivity index (χ1v) is 7.14. The van der Waals surface area contributed by atoms with E-state index in [1.807, 2.05) is 7.11 Å². The number of piperidine rings is 2. The highest BCUT2D eigenvalue weighted by Crippen LogP contribution is 2.28. The van der Waals surface area contributed by atoms with Crippen LogP contribution in [0.25, 0.3) is 0 Å². The number of methoxy groups -OCH3 is 1. The summed E-state index contributed by atoms with van der Waals surface area (Å²) < 4.78 is 5.26. The molecule has 1 unspecified atom stereocenters. The maximum atomic E-state index is 5.26. The van der Waals surface area contributed by atoms with Crippen molar-refractivity contribution >= 4 is 0 Å². The van der Waals surface area contributed by atoms with Gasteiger partial charge in [0.25, 0.3) is 0 Å². The van der Waals surface area contributed by atoms with E-state index in [4.69, 9.17) is 4.74 Å². The number of hydrogen-bond acceptors (Lipinski definition) is 3. The second-order valence-corrected chi connectivity index (χ2v) is 6.27. The van der Waals surface area contributed by atoms with Crippen LogP contribution in [0.1, 0.15) is 32.6 Å². The lowest BCUT2D eigenvalue weighted by Crippen LogP contribution is -2.48. The van der Waals surface area contributed by atoms with E-state index in [0.717, 1.165) is 12.5 Å². The summed E-state index contributed by atoms with van der Waals surface area (Å²) in [5.41, 5.74) is 0.506. The molecule has 2 heterocycles. The molecule has 3 heteroatoms. The second-order valence-electron chi connectivity index (χ2n) is 6.27. The van der Waals surface area contributed by atoms with Crippen molar-refractivity contribution in [3.05, 3.63) is 0 Å². The van der Waals surface area contributed by atoms with Gasteiger partial charge in [-0.3, -0.25) is 0 Å². The van der Waals surface area contributed by atoms with Crippen LogP contribution in [0.2, 0.25) is 0 Å². The van der Waals surface area contributed by atoms with Crippen molar-refractivity contribution < 1.29 is 4.74 Å². The van der Waals surface area contributed by atoms with Crippen LogP contribution in [0.3, 0.4) is 0 Å². The summed E-state index contributed by atoms with van der Waals surface area (Å²) in [6.07, 6.45) is 5.36. The molecule has 100 valence electrons. The Labute approximate surface area is 106 Å². The average molecular weight is 240 g/mol. The van der Waals surface area contributed by atoms with Gasteiger partial charge in [-0.2, -0.15) is 0 Å². The summed E-state index contributed by atoms with van der Waals surface area (Å²) in [5.74, 6) is 0.800. The summed E-state index contributed by atoms with van der Waals surface area (Å²) in [6, 6.07) is 0. The molecule has 0 amide bonds. The smallest absolute Gasteiger partial charge is 0.0491 e. The van der Waals surface area contributed by atoms with Gasteiger partial charge in [-0.25, -0.2) is 0 Å². The molecule has 0 bridgehead atoms. The van der Waals surface area contributed by atoms with Gasteiger partial charge in [0.15, 0.2) is 0 Å². The molecule has 2 saturated heterocycles. The molecular weight excluding hydrogens is 212 g/mol. The third kappa shape index (κ3) is 3.94. The molecule has 1 N–H and O–H groups in total. The molecule has 2 rings (SSSR count). The second kappa shape index (κ2) is 6.17. The fraction of sp³-hybridized carbons (Fsp3) is 1.00. The quantitative estimate of drug-likeness (QED) is 0.810. The van der Waals surface area contributed by atoms with Gasteiger partial charge in [-0.1, -0.05) is 6.92 Å². The molecule has 2 fully saturated rings.